The zero-order chi connectivity index (χ0) is 13.2. The number of ketones is 1. The van der Waals surface area contributed by atoms with E-state index < -0.39 is 5.79 Å². The lowest BCUT2D eigenvalue weighted by molar-refractivity contribution is -0.372. The van der Waals surface area contributed by atoms with E-state index in [1.165, 1.54) is 0 Å². The highest BCUT2D eigenvalue weighted by molar-refractivity contribution is 5.88. The highest BCUT2D eigenvalue weighted by atomic mass is 16.7. The molecule has 6 nitrogen and oxygen atoms in total. The molecule has 3 saturated carbocycles. The van der Waals surface area contributed by atoms with Gasteiger partial charge in [0.2, 0.25) is 11.7 Å². The Morgan fingerprint density at radius 1 is 1.32 bits per heavy atom. The summed E-state index contributed by atoms with van der Waals surface area (Å²) in [5.74, 6) is -1.05. The molecular formula is C13H17NO5. The normalized spacial score (nSPS) is 51.7. The van der Waals surface area contributed by atoms with E-state index >= 15 is 0 Å². The molecule has 0 radical (unpaired) electrons. The first kappa shape index (κ1) is 11.8. The van der Waals surface area contributed by atoms with Crippen LogP contribution in [0.3, 0.4) is 0 Å². The number of Topliss-reactive ketones (excluding diaryl/α,β-unsaturated/α-hetero) is 1. The van der Waals surface area contributed by atoms with Crippen LogP contribution < -0.4 is 5.32 Å². The van der Waals surface area contributed by atoms with Gasteiger partial charge in [0.15, 0.2) is 0 Å². The number of amides is 1. The van der Waals surface area contributed by atoms with Gasteiger partial charge in [0, 0.05) is 37.8 Å². The minimum absolute atomic E-state index is 0.0181. The van der Waals surface area contributed by atoms with E-state index in [1.807, 2.05) is 0 Å². The number of ether oxygens (including phenoxy) is 3. The van der Waals surface area contributed by atoms with Gasteiger partial charge in [-0.3, -0.25) is 9.59 Å². The third kappa shape index (κ3) is 1.32. The Labute approximate surface area is 110 Å². The van der Waals surface area contributed by atoms with Crippen LogP contribution in [0.1, 0.15) is 12.8 Å². The first-order valence-corrected chi connectivity index (χ1v) is 6.80. The largest absolute Gasteiger partial charge is 0.369 e. The fourth-order valence-corrected chi connectivity index (χ4v) is 4.52. The molecular weight excluding hydrogens is 250 g/mol. The summed E-state index contributed by atoms with van der Waals surface area (Å²) < 4.78 is 17.4. The van der Waals surface area contributed by atoms with Crippen LogP contribution in [0.2, 0.25) is 0 Å². The second-order valence-electron chi connectivity index (χ2n) is 5.83. The van der Waals surface area contributed by atoms with Crippen LogP contribution in [0.15, 0.2) is 0 Å². The third-order valence-corrected chi connectivity index (χ3v) is 5.16. The molecule has 0 aromatic carbocycles. The molecule has 2 saturated heterocycles. The van der Waals surface area contributed by atoms with Gasteiger partial charge < -0.3 is 19.5 Å². The molecule has 1 amide bonds. The number of carbonyl (C=O) groups is 2. The van der Waals surface area contributed by atoms with Crippen molar-refractivity contribution in [1.82, 2.24) is 5.32 Å². The molecule has 3 aliphatic carbocycles. The maximum atomic E-state index is 12.3. The van der Waals surface area contributed by atoms with Crippen molar-refractivity contribution in [2.75, 3.05) is 20.3 Å². The van der Waals surface area contributed by atoms with Crippen molar-refractivity contribution in [2.24, 2.45) is 17.8 Å². The first-order valence-electron chi connectivity index (χ1n) is 6.80. The van der Waals surface area contributed by atoms with Gasteiger partial charge in [0.25, 0.3) is 0 Å². The molecule has 0 spiro atoms. The molecule has 2 bridgehead atoms. The molecule has 19 heavy (non-hydrogen) atoms. The number of hydrogen-bond acceptors (Lipinski definition) is 5. The Balaban J connectivity index is 1.81. The molecule has 0 aromatic rings. The van der Waals surface area contributed by atoms with E-state index in [-0.39, 0.29) is 41.6 Å². The number of carbonyl (C=O) groups excluding carboxylic acids is 2. The van der Waals surface area contributed by atoms with Crippen LogP contribution in [-0.4, -0.2) is 49.9 Å². The van der Waals surface area contributed by atoms with Crippen LogP contribution in [0.4, 0.5) is 0 Å². The van der Waals surface area contributed by atoms with E-state index in [9.17, 15) is 9.59 Å². The van der Waals surface area contributed by atoms with Gasteiger partial charge in [-0.25, -0.2) is 0 Å². The number of hydrogen-bond donors (Lipinski definition) is 1. The fraction of sp³-hybridized carbons (Fsp3) is 0.846. The van der Waals surface area contributed by atoms with Crippen molar-refractivity contribution < 1.29 is 23.8 Å². The summed E-state index contributed by atoms with van der Waals surface area (Å²) in [5, 5.41) is 2.99. The highest BCUT2D eigenvalue weighted by Gasteiger charge is 2.69. The Kier molecular flexibility index (Phi) is 2.35. The summed E-state index contributed by atoms with van der Waals surface area (Å²) in [6, 6.07) is -0.0203. The maximum Gasteiger partial charge on any atom is 0.220 e. The second kappa shape index (κ2) is 3.77. The molecule has 1 N–H and O–H groups in total. The van der Waals surface area contributed by atoms with E-state index in [1.54, 1.807) is 7.11 Å². The van der Waals surface area contributed by atoms with E-state index in [2.05, 4.69) is 5.32 Å². The van der Waals surface area contributed by atoms with Crippen molar-refractivity contribution in [3.8, 4) is 0 Å². The Morgan fingerprint density at radius 3 is 2.95 bits per heavy atom. The minimum Gasteiger partial charge on any atom is -0.369 e. The summed E-state index contributed by atoms with van der Waals surface area (Å²) in [6.45, 7) is 0.943. The summed E-state index contributed by atoms with van der Waals surface area (Å²) >= 11 is 0. The Morgan fingerprint density at radius 2 is 2.16 bits per heavy atom. The van der Waals surface area contributed by atoms with E-state index in [0.29, 0.717) is 26.1 Å². The smallest absolute Gasteiger partial charge is 0.220 e. The molecule has 5 aliphatic rings. The Hall–Kier alpha value is -0.980. The standard InChI is InChI=1S/C13H17NO5/c1-17-13-7-5-8(15)10(12(13)18-2-3-19-13)6-4-9(16)14-11(6)7/h6-7,10-12H,2-5H2,1H3,(H,14,16)/t6-,7-,10-,11-,12+,13-/m1/s1. The lowest BCUT2D eigenvalue weighted by atomic mass is 9.56. The van der Waals surface area contributed by atoms with Crippen molar-refractivity contribution in [1.29, 1.82) is 0 Å². The van der Waals surface area contributed by atoms with Gasteiger partial charge >= 0.3 is 0 Å². The maximum absolute atomic E-state index is 12.3. The van der Waals surface area contributed by atoms with Gasteiger partial charge in [-0.05, 0) is 0 Å². The molecule has 6 heteroatoms. The van der Waals surface area contributed by atoms with Gasteiger partial charge in [-0.15, -0.1) is 0 Å². The molecule has 2 aliphatic heterocycles. The van der Waals surface area contributed by atoms with E-state index in [0.717, 1.165) is 0 Å². The molecule has 5 rings (SSSR count). The van der Waals surface area contributed by atoms with Crippen LogP contribution >= 0.6 is 0 Å². The van der Waals surface area contributed by atoms with Gasteiger partial charge in [0.1, 0.15) is 11.9 Å². The minimum atomic E-state index is -0.865. The Bertz CT molecular complexity index is 452. The van der Waals surface area contributed by atoms with Gasteiger partial charge in [-0.2, -0.15) is 0 Å². The molecule has 0 aromatic heterocycles. The third-order valence-electron chi connectivity index (χ3n) is 5.16. The predicted octanol–water partition coefficient (Wildman–Crippen LogP) is -0.532. The zero-order valence-electron chi connectivity index (χ0n) is 10.8. The summed E-state index contributed by atoms with van der Waals surface area (Å²) in [7, 11) is 1.60. The monoisotopic (exact) mass is 267 g/mol. The predicted molar refractivity (Wildman–Crippen MR) is 62.1 cm³/mol. The number of nitrogens with one attached hydrogen (secondary N) is 1. The first-order chi connectivity index (χ1) is 9.17. The SMILES string of the molecule is CO[C@]12OCCO[C@H]1[C@H]1C(=O)C[C@@H]2[C@@H]2NC(=O)C[C@@H]21. The average Bonchev–Trinajstić information content (AvgIpc) is 2.80. The van der Waals surface area contributed by atoms with Crippen molar-refractivity contribution in [3.63, 3.8) is 0 Å². The van der Waals surface area contributed by atoms with Crippen LogP contribution in [0.25, 0.3) is 0 Å². The summed E-state index contributed by atoms with van der Waals surface area (Å²) in [6.07, 6.45) is 0.447. The molecule has 6 atom stereocenters. The van der Waals surface area contributed by atoms with Gasteiger partial charge in [0.05, 0.1) is 19.1 Å². The number of rotatable bonds is 1. The number of methoxy groups -OCH3 is 1. The van der Waals surface area contributed by atoms with Crippen molar-refractivity contribution >= 4 is 11.7 Å². The quantitative estimate of drug-likeness (QED) is 0.691. The molecule has 5 fully saturated rings. The fourth-order valence-electron chi connectivity index (χ4n) is 4.52. The topological polar surface area (TPSA) is 73.9 Å². The second-order valence-corrected chi connectivity index (χ2v) is 5.83. The number of fused-ring (bicyclic) bond motifs is 1. The van der Waals surface area contributed by atoms with Crippen LogP contribution in [0, 0.1) is 17.8 Å². The lowest BCUT2D eigenvalue weighted by Gasteiger charge is -2.59. The molecule has 0 unspecified atom stereocenters. The lowest BCUT2D eigenvalue weighted by Crippen LogP contribution is -2.74. The summed E-state index contributed by atoms with van der Waals surface area (Å²) in [4.78, 5) is 24.0. The zero-order valence-corrected chi connectivity index (χ0v) is 10.8. The van der Waals surface area contributed by atoms with E-state index in [4.69, 9.17) is 14.2 Å². The van der Waals surface area contributed by atoms with Crippen molar-refractivity contribution in [2.45, 2.75) is 30.8 Å². The van der Waals surface area contributed by atoms with Crippen molar-refractivity contribution in [3.05, 3.63) is 0 Å². The highest BCUT2D eigenvalue weighted by Crippen LogP contribution is 2.55. The summed E-state index contributed by atoms with van der Waals surface area (Å²) in [5.41, 5.74) is 0. The average molecular weight is 267 g/mol. The van der Waals surface area contributed by atoms with Gasteiger partial charge in [-0.1, -0.05) is 0 Å². The van der Waals surface area contributed by atoms with Crippen LogP contribution in [0.5, 0.6) is 0 Å². The molecule has 2 heterocycles. The van der Waals surface area contributed by atoms with Crippen LogP contribution in [-0.2, 0) is 23.8 Å². The molecule has 104 valence electrons.